The van der Waals surface area contributed by atoms with Crippen LogP contribution in [0.1, 0.15) is 109 Å². The summed E-state index contributed by atoms with van der Waals surface area (Å²) >= 11 is 12.2. The quantitative estimate of drug-likeness (QED) is 0.0900. The number of carbonyl (C=O) groups is 6. The van der Waals surface area contributed by atoms with Crippen LogP contribution in [0.4, 0.5) is 11.4 Å². The number of carboxylic acids is 2. The summed E-state index contributed by atoms with van der Waals surface area (Å²) in [6.45, 7) is 1.85. The largest absolute Gasteiger partial charge is 0.478 e. The first-order chi connectivity index (χ1) is 24.6. The minimum absolute atomic E-state index is 0.0423. The van der Waals surface area contributed by atoms with Crippen molar-refractivity contribution in [1.82, 2.24) is 9.80 Å². The third-order valence-corrected chi connectivity index (χ3v) is 15.8. The molecule has 0 spiro atoms. The van der Waals surface area contributed by atoms with Crippen LogP contribution in [0.5, 0.6) is 0 Å². The van der Waals surface area contributed by atoms with E-state index in [-0.39, 0.29) is 47.6 Å². The van der Waals surface area contributed by atoms with Crippen molar-refractivity contribution in [2.45, 2.75) is 90.1 Å². The number of halogens is 6. The number of nitrogens with one attached hydrogen (secondary N) is 2. The maximum Gasteiger partial charge on any atom is 0.337 e. The number of carboxylic acid groups (broad SMARTS) is 2. The van der Waals surface area contributed by atoms with Gasteiger partial charge in [-0.2, -0.15) is 0 Å². The van der Waals surface area contributed by atoms with Crippen LogP contribution in [0.15, 0.2) is 0 Å². The first kappa shape index (κ1) is 44.4. The number of amides is 4. The van der Waals surface area contributed by atoms with E-state index >= 15 is 0 Å². The van der Waals surface area contributed by atoms with Crippen LogP contribution in [0.2, 0.25) is 0 Å². The Morgan fingerprint density at radius 2 is 0.885 bits per heavy atom. The van der Waals surface area contributed by atoms with Crippen molar-refractivity contribution in [3.63, 3.8) is 0 Å². The zero-order valence-electron chi connectivity index (χ0n) is 27.8. The van der Waals surface area contributed by atoms with E-state index in [9.17, 15) is 39.0 Å². The van der Waals surface area contributed by atoms with E-state index in [2.05, 4.69) is 55.8 Å². The Morgan fingerprint density at radius 1 is 0.538 bits per heavy atom. The van der Waals surface area contributed by atoms with Crippen LogP contribution in [-0.4, -0.2) is 68.7 Å². The van der Waals surface area contributed by atoms with Gasteiger partial charge >= 0.3 is 11.9 Å². The number of unbranched alkanes of at least 4 members (excludes halogenated alkanes) is 5. The molecule has 18 heteroatoms. The Balaban J connectivity index is 1.24. The fourth-order valence-corrected chi connectivity index (χ4v) is 14.6. The first-order valence-electron chi connectivity index (χ1n) is 16.6. The number of likely N-dealkylation sites (tertiary alicyclic amines) is 2. The monoisotopic (exact) mass is 1390 g/mol. The van der Waals surface area contributed by atoms with Gasteiger partial charge in [-0.3, -0.25) is 19.2 Å². The molecule has 2 aliphatic heterocycles. The van der Waals surface area contributed by atoms with Gasteiger partial charge in [0.1, 0.15) is 0 Å². The van der Waals surface area contributed by atoms with E-state index in [1.165, 1.54) is 0 Å². The maximum atomic E-state index is 13.0. The van der Waals surface area contributed by atoms with E-state index < -0.39 is 11.9 Å². The molecule has 4 amide bonds. The molecule has 2 heterocycles. The SMILES string of the molecule is O=C(CCCCCCCCC(=O)Nc1c(I)c(CN2CCCC2=O)c(I)c(C(=O)O)c1I)Nc1c(I)c(CN2CCCC2=O)c(I)c(C(=O)O)c1I. The second-order valence-electron chi connectivity index (χ2n) is 12.5. The zero-order chi connectivity index (χ0) is 38.3. The van der Waals surface area contributed by atoms with Gasteiger partial charge in [-0.05, 0) is 161 Å². The summed E-state index contributed by atoms with van der Waals surface area (Å²) in [6.07, 6.45) is 7.81. The highest BCUT2D eigenvalue weighted by Crippen LogP contribution is 2.38. The van der Waals surface area contributed by atoms with Gasteiger partial charge in [0, 0.05) is 77.3 Å². The average molecular weight is 1390 g/mol. The predicted octanol–water partition coefficient (Wildman–Crippen LogP) is 8.65. The molecule has 2 fully saturated rings. The normalized spacial score (nSPS) is 14.3. The third kappa shape index (κ3) is 11.1. The van der Waals surface area contributed by atoms with Gasteiger partial charge in [0.15, 0.2) is 0 Å². The fourth-order valence-electron chi connectivity index (χ4n) is 6.11. The minimum Gasteiger partial charge on any atom is -0.478 e. The third-order valence-electron chi connectivity index (χ3n) is 8.87. The summed E-state index contributed by atoms with van der Waals surface area (Å²) in [5.74, 6) is -2.48. The molecular formula is C34H36I6N4O8. The van der Waals surface area contributed by atoms with Crippen molar-refractivity contribution in [2.24, 2.45) is 0 Å². The molecule has 0 bridgehead atoms. The number of hydrogen-bond donors (Lipinski definition) is 4. The van der Waals surface area contributed by atoms with E-state index in [0.717, 1.165) is 56.8 Å². The standard InChI is InChI=1S/C34H36I6N4O8/c35-25-17(15-43-13-7-11-21(43)47)27(37)31(29(39)23(25)33(49)50)41-19(45)9-5-3-1-2-4-6-10-20(46)42-32-28(38)18(16-44-14-8-12-22(44)48)26(36)24(30(32)40)34(51)52/h1-16H2,(H,41,45)(H,42,46)(H,49,50)(H,51,52). The highest BCUT2D eigenvalue weighted by molar-refractivity contribution is 14.1. The van der Waals surface area contributed by atoms with Gasteiger partial charge in [0.05, 0.1) is 29.6 Å². The molecule has 0 radical (unpaired) electrons. The molecule has 52 heavy (non-hydrogen) atoms. The lowest BCUT2D eigenvalue weighted by atomic mass is 10.1. The van der Waals surface area contributed by atoms with Crippen LogP contribution < -0.4 is 10.6 Å². The number of aromatic carboxylic acids is 2. The lowest BCUT2D eigenvalue weighted by molar-refractivity contribution is -0.129. The first-order valence-corrected chi connectivity index (χ1v) is 23.1. The van der Waals surface area contributed by atoms with E-state index in [1.807, 2.05) is 90.4 Å². The smallest absolute Gasteiger partial charge is 0.337 e. The lowest BCUT2D eigenvalue weighted by Crippen LogP contribution is -2.26. The Morgan fingerprint density at radius 3 is 1.19 bits per heavy atom. The molecule has 4 N–H and O–H groups in total. The van der Waals surface area contributed by atoms with Gasteiger partial charge < -0.3 is 30.6 Å². The predicted molar refractivity (Wildman–Crippen MR) is 247 cm³/mol. The number of rotatable bonds is 17. The van der Waals surface area contributed by atoms with Crippen molar-refractivity contribution in [3.8, 4) is 0 Å². The number of anilines is 2. The summed E-state index contributed by atoms with van der Waals surface area (Å²) in [4.78, 5) is 78.3. The van der Waals surface area contributed by atoms with Crippen molar-refractivity contribution in [1.29, 1.82) is 0 Å². The molecule has 0 saturated carbocycles. The second kappa shape index (κ2) is 20.7. The lowest BCUT2D eigenvalue weighted by Gasteiger charge is -2.22. The number of benzene rings is 2. The Kier molecular flexibility index (Phi) is 17.7. The van der Waals surface area contributed by atoms with Crippen molar-refractivity contribution in [3.05, 3.63) is 43.7 Å². The average Bonchev–Trinajstić information content (AvgIpc) is 3.68. The number of nitrogens with zero attached hydrogens (tertiary/aromatic N) is 2. The molecule has 2 saturated heterocycles. The van der Waals surface area contributed by atoms with Crippen LogP contribution in [0, 0.1) is 21.4 Å². The molecular weight excluding hydrogens is 1350 g/mol. The van der Waals surface area contributed by atoms with E-state index in [0.29, 0.717) is 77.5 Å². The molecule has 2 aromatic carbocycles. The van der Waals surface area contributed by atoms with E-state index in [1.54, 1.807) is 9.80 Å². The molecule has 4 rings (SSSR count). The van der Waals surface area contributed by atoms with Gasteiger partial charge in [0.25, 0.3) is 0 Å². The van der Waals surface area contributed by atoms with Crippen molar-refractivity contribution < 1.29 is 39.0 Å². The molecule has 0 aromatic heterocycles. The summed E-state index contributed by atoms with van der Waals surface area (Å²) in [7, 11) is 0. The van der Waals surface area contributed by atoms with Crippen LogP contribution in [-0.2, 0) is 32.3 Å². The summed E-state index contributed by atoms with van der Waals surface area (Å²) in [6, 6.07) is 0. The van der Waals surface area contributed by atoms with Gasteiger partial charge in [0.2, 0.25) is 23.6 Å². The van der Waals surface area contributed by atoms with Crippen LogP contribution in [0.25, 0.3) is 0 Å². The molecule has 0 aliphatic carbocycles. The topological polar surface area (TPSA) is 173 Å². The summed E-state index contributed by atoms with van der Waals surface area (Å²) < 4.78 is 3.53. The highest BCUT2D eigenvalue weighted by Gasteiger charge is 2.30. The van der Waals surface area contributed by atoms with Gasteiger partial charge in [-0.15, -0.1) is 0 Å². The van der Waals surface area contributed by atoms with Crippen molar-refractivity contribution in [2.75, 3.05) is 23.7 Å². The number of hydrogen-bond acceptors (Lipinski definition) is 6. The fraction of sp³-hybridized carbons (Fsp3) is 0.471. The molecule has 282 valence electrons. The second-order valence-corrected chi connectivity index (χ2v) is 19.0. The van der Waals surface area contributed by atoms with Crippen LogP contribution >= 0.6 is 136 Å². The highest BCUT2D eigenvalue weighted by atomic mass is 127. The molecule has 0 unspecified atom stereocenters. The van der Waals surface area contributed by atoms with Crippen molar-refractivity contribution >= 4 is 182 Å². The molecule has 2 aromatic rings. The Bertz CT molecular complexity index is 1660. The summed E-state index contributed by atoms with van der Waals surface area (Å²) in [5.41, 5.74) is 2.64. The molecule has 2 aliphatic rings. The minimum atomic E-state index is -1.08. The Labute approximate surface area is 383 Å². The van der Waals surface area contributed by atoms with Gasteiger partial charge in [-0.1, -0.05) is 25.7 Å². The number of carbonyl (C=O) groups excluding carboxylic acids is 4. The van der Waals surface area contributed by atoms with Gasteiger partial charge in [-0.25, -0.2) is 9.59 Å². The molecule has 0 atom stereocenters. The Hall–Kier alpha value is -0.360. The zero-order valence-corrected chi connectivity index (χ0v) is 40.8. The molecule has 12 nitrogen and oxygen atoms in total. The maximum absolute atomic E-state index is 13.0. The van der Waals surface area contributed by atoms with Crippen LogP contribution in [0.3, 0.4) is 0 Å². The summed E-state index contributed by atoms with van der Waals surface area (Å²) in [5, 5.41) is 25.8. The van der Waals surface area contributed by atoms with E-state index in [4.69, 9.17) is 0 Å².